The summed E-state index contributed by atoms with van der Waals surface area (Å²) in [4.78, 5) is 11.4. The van der Waals surface area contributed by atoms with Gasteiger partial charge in [0.15, 0.2) is 0 Å². The molecular weight excluding hydrogens is 190 g/mol. The van der Waals surface area contributed by atoms with Gasteiger partial charge in [-0.1, -0.05) is 37.3 Å². The molecule has 0 amide bonds. The van der Waals surface area contributed by atoms with Gasteiger partial charge < -0.3 is 10.5 Å². The zero-order valence-corrected chi connectivity index (χ0v) is 8.98. The fourth-order valence-corrected chi connectivity index (χ4v) is 1.26. The van der Waals surface area contributed by atoms with Crippen LogP contribution in [0.5, 0.6) is 0 Å². The van der Waals surface area contributed by atoms with Crippen molar-refractivity contribution in [1.29, 1.82) is 0 Å². The predicted molar refractivity (Wildman–Crippen MR) is 59.4 cm³/mol. The van der Waals surface area contributed by atoms with Crippen LogP contribution < -0.4 is 5.73 Å². The summed E-state index contributed by atoms with van der Waals surface area (Å²) in [7, 11) is 0. The summed E-state index contributed by atoms with van der Waals surface area (Å²) in [5.41, 5.74) is 6.77. The quantitative estimate of drug-likeness (QED) is 0.744. The van der Waals surface area contributed by atoms with E-state index >= 15 is 0 Å². The zero-order valence-electron chi connectivity index (χ0n) is 8.98. The Morgan fingerprint density at radius 3 is 2.67 bits per heavy atom. The van der Waals surface area contributed by atoms with Gasteiger partial charge in [-0.25, -0.2) is 0 Å². The molecule has 0 bridgehead atoms. The third-order valence-corrected chi connectivity index (χ3v) is 2.05. The van der Waals surface area contributed by atoms with Crippen molar-refractivity contribution >= 4 is 5.97 Å². The maximum Gasteiger partial charge on any atom is 0.323 e. The molecule has 15 heavy (non-hydrogen) atoms. The number of ether oxygens (including phenoxy) is 1. The lowest BCUT2D eigenvalue weighted by atomic mass is 10.1. The van der Waals surface area contributed by atoms with E-state index in [1.54, 1.807) is 0 Å². The number of hydrogen-bond donors (Lipinski definition) is 1. The normalized spacial score (nSPS) is 12.1. The molecule has 3 heteroatoms. The van der Waals surface area contributed by atoms with E-state index in [1.807, 2.05) is 37.3 Å². The molecule has 1 aromatic carbocycles. The predicted octanol–water partition coefficient (Wildman–Crippen LogP) is 1.51. The largest absolute Gasteiger partial charge is 0.465 e. The summed E-state index contributed by atoms with van der Waals surface area (Å²) in [6.07, 6.45) is 1.35. The first-order chi connectivity index (χ1) is 7.24. The third kappa shape index (κ3) is 4.13. The number of carbonyl (C=O) groups excluding carboxylic acids is 1. The van der Waals surface area contributed by atoms with Crippen molar-refractivity contribution in [2.75, 3.05) is 6.61 Å². The fraction of sp³-hybridized carbons (Fsp3) is 0.417. The standard InChI is InChI=1S/C12H17NO2/c1-2-8-15-12(14)11(13)9-10-6-4-3-5-7-10/h3-7,11H,2,8-9,13H2,1H3/t11-/m0/s1. The van der Waals surface area contributed by atoms with Crippen LogP contribution in [0.2, 0.25) is 0 Å². The fourth-order valence-electron chi connectivity index (χ4n) is 1.26. The molecule has 2 N–H and O–H groups in total. The van der Waals surface area contributed by atoms with Gasteiger partial charge in [0.05, 0.1) is 6.61 Å². The average Bonchev–Trinajstić information content (AvgIpc) is 2.27. The second-order valence-electron chi connectivity index (χ2n) is 3.46. The first-order valence-electron chi connectivity index (χ1n) is 5.20. The Bertz CT molecular complexity index is 298. The van der Waals surface area contributed by atoms with Gasteiger partial charge in [0.25, 0.3) is 0 Å². The van der Waals surface area contributed by atoms with Gasteiger partial charge >= 0.3 is 5.97 Å². The Balaban J connectivity index is 2.41. The number of nitrogens with two attached hydrogens (primary N) is 1. The van der Waals surface area contributed by atoms with E-state index in [0.29, 0.717) is 13.0 Å². The Kier molecular flexibility index (Phi) is 4.84. The molecule has 0 fully saturated rings. The smallest absolute Gasteiger partial charge is 0.323 e. The van der Waals surface area contributed by atoms with Crippen molar-refractivity contribution in [2.45, 2.75) is 25.8 Å². The maximum absolute atomic E-state index is 11.4. The van der Waals surface area contributed by atoms with Crippen molar-refractivity contribution in [3.8, 4) is 0 Å². The highest BCUT2D eigenvalue weighted by molar-refractivity contribution is 5.75. The number of rotatable bonds is 5. The molecule has 3 nitrogen and oxygen atoms in total. The number of benzene rings is 1. The average molecular weight is 207 g/mol. The Hall–Kier alpha value is -1.35. The van der Waals surface area contributed by atoms with Gasteiger partial charge in [0, 0.05) is 0 Å². The maximum atomic E-state index is 11.4. The van der Waals surface area contributed by atoms with Gasteiger partial charge in [0.1, 0.15) is 6.04 Å². The highest BCUT2D eigenvalue weighted by Crippen LogP contribution is 2.02. The highest BCUT2D eigenvalue weighted by Gasteiger charge is 2.14. The minimum Gasteiger partial charge on any atom is -0.465 e. The molecule has 0 aliphatic carbocycles. The summed E-state index contributed by atoms with van der Waals surface area (Å²) in [6, 6.07) is 9.14. The van der Waals surface area contributed by atoms with Crippen LogP contribution in [0.15, 0.2) is 30.3 Å². The summed E-state index contributed by atoms with van der Waals surface area (Å²) < 4.78 is 4.96. The molecule has 0 aliphatic heterocycles. The molecule has 1 rings (SSSR count). The van der Waals surface area contributed by atoms with Crippen molar-refractivity contribution in [3.05, 3.63) is 35.9 Å². The second-order valence-corrected chi connectivity index (χ2v) is 3.46. The molecule has 1 atom stereocenters. The van der Waals surface area contributed by atoms with Crippen LogP contribution in [0.3, 0.4) is 0 Å². The molecule has 0 unspecified atom stereocenters. The molecule has 0 radical (unpaired) electrons. The monoisotopic (exact) mass is 207 g/mol. The van der Waals surface area contributed by atoms with Crippen LogP contribution in [0.25, 0.3) is 0 Å². The van der Waals surface area contributed by atoms with E-state index in [2.05, 4.69) is 0 Å². The van der Waals surface area contributed by atoms with Crippen molar-refractivity contribution < 1.29 is 9.53 Å². The number of carbonyl (C=O) groups is 1. The number of hydrogen-bond acceptors (Lipinski definition) is 3. The van der Waals surface area contributed by atoms with E-state index in [0.717, 1.165) is 12.0 Å². The van der Waals surface area contributed by atoms with E-state index in [4.69, 9.17) is 10.5 Å². The second kappa shape index (κ2) is 6.19. The molecule has 0 spiro atoms. The van der Waals surface area contributed by atoms with Crippen molar-refractivity contribution in [3.63, 3.8) is 0 Å². The van der Waals surface area contributed by atoms with Crippen LogP contribution in [0, 0.1) is 0 Å². The lowest BCUT2D eigenvalue weighted by molar-refractivity contribution is -0.145. The van der Waals surface area contributed by atoms with E-state index in [9.17, 15) is 4.79 Å². The first-order valence-corrected chi connectivity index (χ1v) is 5.20. The van der Waals surface area contributed by atoms with Crippen LogP contribution in [-0.2, 0) is 16.0 Å². The Morgan fingerprint density at radius 2 is 2.07 bits per heavy atom. The van der Waals surface area contributed by atoms with Crippen molar-refractivity contribution in [2.24, 2.45) is 5.73 Å². The summed E-state index contributed by atoms with van der Waals surface area (Å²) in [5, 5.41) is 0. The zero-order chi connectivity index (χ0) is 11.1. The van der Waals surface area contributed by atoms with Gasteiger partial charge in [-0.2, -0.15) is 0 Å². The van der Waals surface area contributed by atoms with Gasteiger partial charge in [0.2, 0.25) is 0 Å². The SMILES string of the molecule is CCCOC(=O)[C@@H](N)Cc1ccccc1. The Labute approximate surface area is 90.2 Å². The molecule has 0 aliphatic rings. The molecular formula is C12H17NO2. The van der Waals surface area contributed by atoms with E-state index in [1.165, 1.54) is 0 Å². The molecule has 0 saturated carbocycles. The molecule has 0 saturated heterocycles. The minimum atomic E-state index is -0.557. The molecule has 0 aromatic heterocycles. The van der Waals surface area contributed by atoms with Gasteiger partial charge in [-0.15, -0.1) is 0 Å². The van der Waals surface area contributed by atoms with Crippen LogP contribution in [0.1, 0.15) is 18.9 Å². The Morgan fingerprint density at radius 1 is 1.40 bits per heavy atom. The lowest BCUT2D eigenvalue weighted by Gasteiger charge is -2.10. The van der Waals surface area contributed by atoms with Gasteiger partial charge in [-0.3, -0.25) is 4.79 Å². The molecule has 0 heterocycles. The first kappa shape index (κ1) is 11.7. The van der Waals surface area contributed by atoms with Crippen molar-refractivity contribution in [1.82, 2.24) is 0 Å². The molecule has 1 aromatic rings. The summed E-state index contributed by atoms with van der Waals surface area (Å²) in [5.74, 6) is -0.319. The van der Waals surface area contributed by atoms with E-state index < -0.39 is 6.04 Å². The van der Waals surface area contributed by atoms with E-state index in [-0.39, 0.29) is 5.97 Å². The van der Waals surface area contributed by atoms with Crippen LogP contribution >= 0.6 is 0 Å². The third-order valence-electron chi connectivity index (χ3n) is 2.05. The summed E-state index contributed by atoms with van der Waals surface area (Å²) in [6.45, 7) is 2.40. The lowest BCUT2D eigenvalue weighted by Crippen LogP contribution is -2.34. The minimum absolute atomic E-state index is 0.319. The topological polar surface area (TPSA) is 52.3 Å². The highest BCUT2D eigenvalue weighted by atomic mass is 16.5. The molecule has 82 valence electrons. The summed E-state index contributed by atoms with van der Waals surface area (Å²) >= 11 is 0. The van der Waals surface area contributed by atoms with Gasteiger partial charge in [-0.05, 0) is 18.4 Å². The van der Waals surface area contributed by atoms with Crippen LogP contribution in [-0.4, -0.2) is 18.6 Å². The number of esters is 1. The van der Waals surface area contributed by atoms with Crippen LogP contribution in [0.4, 0.5) is 0 Å².